The van der Waals surface area contributed by atoms with E-state index in [1.165, 1.54) is 12.8 Å². The van der Waals surface area contributed by atoms with Gasteiger partial charge in [-0.1, -0.05) is 30.3 Å². The highest BCUT2D eigenvalue weighted by atomic mass is 16.5. The van der Waals surface area contributed by atoms with Gasteiger partial charge in [0.1, 0.15) is 0 Å². The van der Waals surface area contributed by atoms with E-state index in [1.54, 1.807) is 18.0 Å². The SMILES string of the molecule is COCCn1cc(NC(=O)N(Cc2ccccc2)C(C)C2CC2)cn1. The van der Waals surface area contributed by atoms with Gasteiger partial charge in [0.15, 0.2) is 0 Å². The van der Waals surface area contributed by atoms with Gasteiger partial charge in [-0.3, -0.25) is 4.68 Å². The minimum Gasteiger partial charge on any atom is -0.383 e. The minimum absolute atomic E-state index is 0.0745. The quantitative estimate of drug-likeness (QED) is 0.800. The largest absolute Gasteiger partial charge is 0.383 e. The predicted octanol–water partition coefficient (Wildman–Crippen LogP) is 3.36. The average Bonchev–Trinajstić information content (AvgIpc) is 3.39. The molecule has 1 fully saturated rings. The first-order valence-corrected chi connectivity index (χ1v) is 8.80. The van der Waals surface area contributed by atoms with Gasteiger partial charge < -0.3 is 15.0 Å². The van der Waals surface area contributed by atoms with Gasteiger partial charge in [-0.2, -0.15) is 5.10 Å². The Bertz CT molecular complexity index is 682. The monoisotopic (exact) mass is 342 g/mol. The first-order chi connectivity index (χ1) is 12.2. The van der Waals surface area contributed by atoms with Gasteiger partial charge in [0.2, 0.25) is 0 Å². The molecule has 6 heteroatoms. The second-order valence-corrected chi connectivity index (χ2v) is 6.61. The van der Waals surface area contributed by atoms with Crippen LogP contribution in [0.3, 0.4) is 0 Å². The highest BCUT2D eigenvalue weighted by molar-refractivity contribution is 5.89. The Kier molecular flexibility index (Phi) is 5.71. The Labute approximate surface area is 148 Å². The van der Waals surface area contributed by atoms with E-state index in [-0.39, 0.29) is 12.1 Å². The van der Waals surface area contributed by atoms with Gasteiger partial charge in [-0.05, 0) is 31.2 Å². The summed E-state index contributed by atoms with van der Waals surface area (Å²) in [5.41, 5.74) is 1.85. The van der Waals surface area contributed by atoms with Crippen molar-refractivity contribution < 1.29 is 9.53 Å². The van der Waals surface area contributed by atoms with E-state index >= 15 is 0 Å². The minimum atomic E-state index is -0.0745. The summed E-state index contributed by atoms with van der Waals surface area (Å²) in [5.74, 6) is 0.610. The molecule has 1 atom stereocenters. The number of urea groups is 1. The third kappa shape index (κ3) is 4.82. The van der Waals surface area contributed by atoms with E-state index in [0.29, 0.717) is 31.3 Å². The van der Waals surface area contributed by atoms with Gasteiger partial charge in [0.05, 0.1) is 25.0 Å². The van der Waals surface area contributed by atoms with E-state index in [0.717, 1.165) is 5.56 Å². The number of aromatic nitrogens is 2. The molecule has 1 N–H and O–H groups in total. The molecule has 0 bridgehead atoms. The number of rotatable bonds is 8. The highest BCUT2D eigenvalue weighted by Gasteiger charge is 2.34. The number of amides is 2. The lowest BCUT2D eigenvalue weighted by molar-refractivity contribution is 0.180. The predicted molar refractivity (Wildman–Crippen MR) is 97.3 cm³/mol. The zero-order valence-corrected chi connectivity index (χ0v) is 14.9. The maximum atomic E-state index is 12.9. The molecule has 0 radical (unpaired) electrons. The normalized spacial score (nSPS) is 15.0. The number of nitrogens with one attached hydrogen (secondary N) is 1. The molecule has 134 valence electrons. The van der Waals surface area contributed by atoms with E-state index in [9.17, 15) is 4.79 Å². The lowest BCUT2D eigenvalue weighted by Gasteiger charge is -2.29. The lowest BCUT2D eigenvalue weighted by atomic mass is 10.1. The topological polar surface area (TPSA) is 59.4 Å². The Morgan fingerprint density at radius 2 is 2.16 bits per heavy atom. The molecule has 0 aliphatic heterocycles. The molecule has 1 saturated carbocycles. The molecule has 25 heavy (non-hydrogen) atoms. The van der Waals surface area contributed by atoms with Crippen LogP contribution in [-0.4, -0.2) is 40.5 Å². The second kappa shape index (κ2) is 8.16. The van der Waals surface area contributed by atoms with Crippen molar-refractivity contribution in [1.29, 1.82) is 0 Å². The molecule has 0 spiro atoms. The number of nitrogens with zero attached hydrogens (tertiary/aromatic N) is 3. The van der Waals surface area contributed by atoms with Crippen molar-refractivity contribution in [3.8, 4) is 0 Å². The molecule has 1 aliphatic rings. The van der Waals surface area contributed by atoms with Crippen molar-refractivity contribution in [2.45, 2.75) is 38.9 Å². The average molecular weight is 342 g/mol. The van der Waals surface area contributed by atoms with E-state index in [1.807, 2.05) is 29.3 Å². The standard InChI is InChI=1S/C19H26N4O2/c1-15(17-8-9-17)23(13-16-6-4-3-5-7-16)19(24)21-18-12-20-22(14-18)10-11-25-2/h3-7,12,14-15,17H,8-11,13H2,1-2H3,(H,21,24). The van der Waals surface area contributed by atoms with Crippen molar-refractivity contribution >= 4 is 11.7 Å². The van der Waals surface area contributed by atoms with Crippen molar-refractivity contribution in [1.82, 2.24) is 14.7 Å². The summed E-state index contributed by atoms with van der Waals surface area (Å²) in [6.07, 6.45) is 5.92. The third-order valence-corrected chi connectivity index (χ3v) is 4.66. The van der Waals surface area contributed by atoms with Crippen LogP contribution in [0, 0.1) is 5.92 Å². The fourth-order valence-corrected chi connectivity index (χ4v) is 2.94. The molecular formula is C19H26N4O2. The molecule has 1 aromatic heterocycles. The molecule has 1 heterocycles. The third-order valence-electron chi connectivity index (χ3n) is 4.66. The van der Waals surface area contributed by atoms with Gasteiger partial charge in [-0.25, -0.2) is 4.79 Å². The molecule has 1 aromatic carbocycles. The number of carbonyl (C=O) groups is 1. The number of hydrogen-bond donors (Lipinski definition) is 1. The summed E-state index contributed by atoms with van der Waals surface area (Å²) in [4.78, 5) is 14.8. The second-order valence-electron chi connectivity index (χ2n) is 6.61. The van der Waals surface area contributed by atoms with Gasteiger partial charge in [-0.15, -0.1) is 0 Å². The van der Waals surface area contributed by atoms with Crippen LogP contribution in [0.15, 0.2) is 42.7 Å². The maximum Gasteiger partial charge on any atom is 0.322 e. The molecule has 1 unspecified atom stereocenters. The van der Waals surface area contributed by atoms with Crippen LogP contribution in [0.1, 0.15) is 25.3 Å². The smallest absolute Gasteiger partial charge is 0.322 e. The fraction of sp³-hybridized carbons (Fsp3) is 0.474. The molecule has 2 amide bonds. The summed E-state index contributed by atoms with van der Waals surface area (Å²) in [6, 6.07) is 10.3. The molecular weight excluding hydrogens is 316 g/mol. The van der Waals surface area contributed by atoms with Crippen molar-refractivity contribution in [3.05, 3.63) is 48.3 Å². The van der Waals surface area contributed by atoms with Crippen LogP contribution < -0.4 is 5.32 Å². The van der Waals surface area contributed by atoms with Crippen LogP contribution >= 0.6 is 0 Å². The fourth-order valence-electron chi connectivity index (χ4n) is 2.94. The number of benzene rings is 1. The molecule has 6 nitrogen and oxygen atoms in total. The summed E-state index contributed by atoms with van der Waals surface area (Å²) in [7, 11) is 1.66. The van der Waals surface area contributed by atoms with Crippen LogP contribution in [0.2, 0.25) is 0 Å². The van der Waals surface area contributed by atoms with Crippen LogP contribution in [-0.2, 0) is 17.8 Å². The molecule has 2 aromatic rings. The van der Waals surface area contributed by atoms with E-state index < -0.39 is 0 Å². The van der Waals surface area contributed by atoms with Gasteiger partial charge in [0.25, 0.3) is 0 Å². The van der Waals surface area contributed by atoms with Crippen molar-refractivity contribution in [2.24, 2.45) is 5.92 Å². The molecule has 1 aliphatic carbocycles. The molecule has 0 saturated heterocycles. The summed E-state index contributed by atoms with van der Waals surface area (Å²) < 4.78 is 6.82. The Hall–Kier alpha value is -2.34. The first-order valence-electron chi connectivity index (χ1n) is 8.80. The van der Waals surface area contributed by atoms with Crippen LogP contribution in [0.25, 0.3) is 0 Å². The van der Waals surface area contributed by atoms with E-state index in [2.05, 4.69) is 29.5 Å². The van der Waals surface area contributed by atoms with Crippen LogP contribution in [0.5, 0.6) is 0 Å². The molecule has 3 rings (SSSR count). The lowest BCUT2D eigenvalue weighted by Crippen LogP contribution is -2.42. The summed E-state index contributed by atoms with van der Waals surface area (Å²) in [5, 5.41) is 7.23. The number of hydrogen-bond acceptors (Lipinski definition) is 3. The number of carbonyl (C=O) groups excluding carboxylic acids is 1. The summed E-state index contributed by atoms with van der Waals surface area (Å²) in [6.45, 7) is 4.01. The van der Waals surface area contributed by atoms with Crippen molar-refractivity contribution in [3.63, 3.8) is 0 Å². The first kappa shape index (κ1) is 17.5. The van der Waals surface area contributed by atoms with Gasteiger partial charge >= 0.3 is 6.03 Å². The van der Waals surface area contributed by atoms with Crippen molar-refractivity contribution in [2.75, 3.05) is 19.0 Å². The maximum absolute atomic E-state index is 12.9. The zero-order valence-electron chi connectivity index (χ0n) is 14.9. The zero-order chi connectivity index (χ0) is 17.6. The number of ether oxygens (including phenoxy) is 1. The van der Waals surface area contributed by atoms with Crippen LogP contribution in [0.4, 0.5) is 10.5 Å². The van der Waals surface area contributed by atoms with E-state index in [4.69, 9.17) is 4.74 Å². The van der Waals surface area contributed by atoms with Gasteiger partial charge in [0, 0.05) is 25.9 Å². The number of anilines is 1. The highest BCUT2D eigenvalue weighted by Crippen LogP contribution is 2.35. The summed E-state index contributed by atoms with van der Waals surface area (Å²) >= 11 is 0. The Morgan fingerprint density at radius 3 is 2.84 bits per heavy atom. The Balaban J connectivity index is 1.67. The number of methoxy groups -OCH3 is 1. The Morgan fingerprint density at radius 1 is 1.40 bits per heavy atom.